The summed E-state index contributed by atoms with van der Waals surface area (Å²) in [4.78, 5) is 28.1. The quantitative estimate of drug-likeness (QED) is 0.722. The molecule has 0 saturated heterocycles. The predicted octanol–water partition coefficient (Wildman–Crippen LogP) is 3.59. The van der Waals surface area contributed by atoms with E-state index in [0.717, 1.165) is 23.4 Å². The number of hydrogen-bond acceptors (Lipinski definition) is 5. The highest BCUT2D eigenvalue weighted by Crippen LogP contribution is 2.30. The van der Waals surface area contributed by atoms with Crippen LogP contribution in [0.1, 0.15) is 17.8 Å². The number of nitrogens with one attached hydrogen (secondary N) is 2. The van der Waals surface area contributed by atoms with Gasteiger partial charge in [-0.15, -0.1) is 11.3 Å². The average molecular weight is 367 g/mol. The summed E-state index contributed by atoms with van der Waals surface area (Å²) in [7, 11) is 0. The highest BCUT2D eigenvalue weighted by atomic mass is 32.1. The summed E-state index contributed by atoms with van der Waals surface area (Å²) in [5, 5.41) is 6.63. The van der Waals surface area contributed by atoms with Gasteiger partial charge in [0.05, 0.1) is 20.9 Å². The molecule has 0 saturated carbocycles. The molecule has 1 aliphatic rings. The van der Waals surface area contributed by atoms with Crippen LogP contribution in [0.2, 0.25) is 0 Å². The van der Waals surface area contributed by atoms with Gasteiger partial charge in [0.25, 0.3) is 5.91 Å². The van der Waals surface area contributed by atoms with Crippen molar-refractivity contribution in [2.75, 3.05) is 17.2 Å². The molecule has 1 aromatic heterocycles. The molecule has 0 atom stereocenters. The second kappa shape index (κ2) is 7.13. The Balaban J connectivity index is 1.31. The number of anilines is 2. The van der Waals surface area contributed by atoms with E-state index in [-0.39, 0.29) is 18.4 Å². The molecule has 3 aromatic rings. The van der Waals surface area contributed by atoms with Gasteiger partial charge in [-0.3, -0.25) is 9.59 Å². The summed E-state index contributed by atoms with van der Waals surface area (Å²) in [5.41, 5.74) is 2.23. The van der Waals surface area contributed by atoms with Crippen molar-refractivity contribution >= 4 is 44.7 Å². The minimum absolute atomic E-state index is 0.0183. The lowest BCUT2D eigenvalue weighted by Gasteiger charge is -2.18. The van der Waals surface area contributed by atoms with Crippen molar-refractivity contribution in [3.05, 3.63) is 47.5 Å². The van der Waals surface area contributed by atoms with Crippen molar-refractivity contribution < 1.29 is 14.3 Å². The van der Waals surface area contributed by atoms with E-state index < -0.39 is 0 Å². The van der Waals surface area contributed by atoms with E-state index in [1.54, 1.807) is 29.5 Å². The minimum Gasteiger partial charge on any atom is -0.482 e. The van der Waals surface area contributed by atoms with Crippen molar-refractivity contribution in [2.45, 2.75) is 19.3 Å². The van der Waals surface area contributed by atoms with E-state index in [2.05, 4.69) is 21.7 Å². The number of aromatic nitrogens is 1. The Morgan fingerprint density at radius 1 is 1.27 bits per heavy atom. The topological polar surface area (TPSA) is 80.3 Å². The number of carbonyl (C=O) groups excluding carboxylic acids is 2. The van der Waals surface area contributed by atoms with Crippen molar-refractivity contribution in [1.82, 2.24) is 4.98 Å². The monoisotopic (exact) mass is 367 g/mol. The molecular weight excluding hydrogens is 350 g/mol. The number of benzene rings is 2. The predicted molar refractivity (Wildman–Crippen MR) is 102 cm³/mol. The van der Waals surface area contributed by atoms with Crippen LogP contribution in [0.25, 0.3) is 10.2 Å². The highest BCUT2D eigenvalue weighted by Gasteiger charge is 2.16. The highest BCUT2D eigenvalue weighted by molar-refractivity contribution is 7.18. The van der Waals surface area contributed by atoms with Crippen LogP contribution in [0.5, 0.6) is 5.75 Å². The molecule has 0 unspecified atom stereocenters. The van der Waals surface area contributed by atoms with Crippen LogP contribution in [-0.2, 0) is 16.0 Å². The Morgan fingerprint density at radius 3 is 3.04 bits per heavy atom. The molecule has 6 nitrogen and oxygen atoms in total. The van der Waals surface area contributed by atoms with E-state index in [1.807, 2.05) is 18.2 Å². The zero-order chi connectivity index (χ0) is 17.9. The van der Waals surface area contributed by atoms with Crippen LogP contribution in [0.15, 0.2) is 42.5 Å². The summed E-state index contributed by atoms with van der Waals surface area (Å²) >= 11 is 1.67. The zero-order valence-electron chi connectivity index (χ0n) is 14.0. The molecule has 2 amide bonds. The van der Waals surface area contributed by atoms with Gasteiger partial charge in [-0.05, 0) is 43.2 Å². The third-order valence-corrected chi connectivity index (χ3v) is 5.13. The molecule has 7 heteroatoms. The third-order valence-electron chi connectivity index (χ3n) is 4.03. The van der Waals surface area contributed by atoms with Gasteiger partial charge in [0.15, 0.2) is 6.61 Å². The van der Waals surface area contributed by atoms with Crippen molar-refractivity contribution in [3.63, 3.8) is 0 Å². The Bertz CT molecular complexity index is 950. The lowest BCUT2D eigenvalue weighted by Crippen LogP contribution is -2.25. The summed E-state index contributed by atoms with van der Waals surface area (Å²) in [6, 6.07) is 13.3. The number of amides is 2. The molecule has 2 N–H and O–H groups in total. The van der Waals surface area contributed by atoms with Gasteiger partial charge in [0, 0.05) is 12.1 Å². The van der Waals surface area contributed by atoms with E-state index in [4.69, 9.17) is 4.74 Å². The van der Waals surface area contributed by atoms with Gasteiger partial charge < -0.3 is 15.4 Å². The standard InChI is InChI=1S/C19H17N3O3S/c23-17(6-3-7-19-22-13-4-1-2-5-16(13)26-19)20-12-8-9-15-14(10-12)21-18(24)11-25-15/h1-2,4-5,8-10H,3,6-7,11H2,(H,20,23)(H,21,24). The number of aryl methyl sites for hydroxylation is 1. The number of rotatable bonds is 5. The third kappa shape index (κ3) is 3.67. The van der Waals surface area contributed by atoms with Crippen LogP contribution in [0, 0.1) is 0 Å². The molecule has 1 aliphatic heterocycles. The van der Waals surface area contributed by atoms with Crippen molar-refractivity contribution in [3.8, 4) is 5.75 Å². The van der Waals surface area contributed by atoms with Crippen molar-refractivity contribution in [2.24, 2.45) is 0 Å². The lowest BCUT2D eigenvalue weighted by molar-refractivity contribution is -0.118. The van der Waals surface area contributed by atoms with Gasteiger partial charge >= 0.3 is 0 Å². The summed E-state index contributed by atoms with van der Waals surface area (Å²) in [6.45, 7) is 0.0183. The Hall–Kier alpha value is -2.93. The summed E-state index contributed by atoms with van der Waals surface area (Å²) in [5.74, 6) is 0.351. The number of carbonyl (C=O) groups is 2. The number of para-hydroxylation sites is 1. The van der Waals surface area contributed by atoms with Crippen LogP contribution in [-0.4, -0.2) is 23.4 Å². The van der Waals surface area contributed by atoms with Crippen LogP contribution < -0.4 is 15.4 Å². The maximum Gasteiger partial charge on any atom is 0.262 e. The molecule has 2 aromatic carbocycles. The Labute approximate surface area is 154 Å². The maximum atomic E-state index is 12.2. The Morgan fingerprint density at radius 2 is 2.15 bits per heavy atom. The second-order valence-electron chi connectivity index (χ2n) is 6.02. The van der Waals surface area contributed by atoms with Gasteiger partial charge in [0.1, 0.15) is 5.75 Å². The molecule has 0 aliphatic carbocycles. The average Bonchev–Trinajstić information content (AvgIpc) is 3.04. The second-order valence-corrected chi connectivity index (χ2v) is 7.14. The molecule has 4 rings (SSSR count). The molecule has 0 radical (unpaired) electrons. The molecular formula is C19H17N3O3S. The van der Waals surface area contributed by atoms with E-state index >= 15 is 0 Å². The largest absolute Gasteiger partial charge is 0.482 e. The fourth-order valence-electron chi connectivity index (χ4n) is 2.81. The number of thiazole rings is 1. The van der Waals surface area contributed by atoms with Crippen LogP contribution in [0.3, 0.4) is 0 Å². The summed E-state index contributed by atoms with van der Waals surface area (Å²) in [6.07, 6.45) is 1.92. The van der Waals surface area contributed by atoms with E-state index in [9.17, 15) is 9.59 Å². The van der Waals surface area contributed by atoms with Gasteiger partial charge in [-0.2, -0.15) is 0 Å². The van der Waals surface area contributed by atoms with Crippen LogP contribution in [0.4, 0.5) is 11.4 Å². The van der Waals surface area contributed by atoms with E-state index in [0.29, 0.717) is 23.5 Å². The molecule has 0 bridgehead atoms. The first kappa shape index (κ1) is 16.5. The number of ether oxygens (including phenoxy) is 1. The molecule has 26 heavy (non-hydrogen) atoms. The first-order valence-corrected chi connectivity index (χ1v) is 9.20. The van der Waals surface area contributed by atoms with E-state index in [1.165, 1.54) is 4.70 Å². The lowest BCUT2D eigenvalue weighted by atomic mass is 10.2. The first-order chi connectivity index (χ1) is 12.7. The summed E-state index contributed by atoms with van der Waals surface area (Å²) < 4.78 is 6.48. The van der Waals surface area contributed by atoms with Gasteiger partial charge in [-0.1, -0.05) is 12.1 Å². The normalized spacial score (nSPS) is 13.0. The fraction of sp³-hybridized carbons (Fsp3) is 0.211. The number of hydrogen-bond donors (Lipinski definition) is 2. The minimum atomic E-state index is -0.197. The SMILES string of the molecule is O=C(CCCc1nc2ccccc2s1)Nc1ccc2c(c1)NC(=O)CO2. The molecule has 132 valence electrons. The smallest absolute Gasteiger partial charge is 0.262 e. The molecule has 0 fully saturated rings. The molecule has 2 heterocycles. The maximum absolute atomic E-state index is 12.2. The first-order valence-electron chi connectivity index (χ1n) is 8.38. The number of nitrogens with zero attached hydrogens (tertiary/aromatic N) is 1. The fourth-order valence-corrected chi connectivity index (χ4v) is 3.82. The molecule has 0 spiro atoms. The number of fused-ring (bicyclic) bond motifs is 2. The van der Waals surface area contributed by atoms with Gasteiger partial charge in [-0.25, -0.2) is 4.98 Å². The van der Waals surface area contributed by atoms with Crippen molar-refractivity contribution in [1.29, 1.82) is 0 Å². The van der Waals surface area contributed by atoms with Gasteiger partial charge in [0.2, 0.25) is 5.91 Å². The zero-order valence-corrected chi connectivity index (χ0v) is 14.8. The van der Waals surface area contributed by atoms with Crippen LogP contribution >= 0.6 is 11.3 Å². The Kier molecular flexibility index (Phi) is 4.53.